The van der Waals surface area contributed by atoms with Crippen molar-refractivity contribution in [2.45, 2.75) is 18.9 Å². The van der Waals surface area contributed by atoms with Crippen LogP contribution in [-0.2, 0) is 14.3 Å². The fraction of sp³-hybridized carbons (Fsp3) is 0.250. The molecule has 0 aliphatic heterocycles. The normalized spacial score (nSPS) is 11.4. The lowest BCUT2D eigenvalue weighted by Gasteiger charge is -2.19. The number of nitrogens with one attached hydrogen (secondary N) is 1. The average molecular weight is 421 g/mol. The number of phenols is 1. The van der Waals surface area contributed by atoms with Crippen LogP contribution in [0.15, 0.2) is 48.5 Å². The summed E-state index contributed by atoms with van der Waals surface area (Å²) in [6.07, 6.45) is -1.43. The van der Waals surface area contributed by atoms with Gasteiger partial charge in [-0.1, -0.05) is 24.3 Å². The highest BCUT2D eigenvalue weighted by Crippen LogP contribution is 2.27. The van der Waals surface area contributed by atoms with Crippen LogP contribution in [0.5, 0.6) is 5.75 Å². The molecule has 0 heterocycles. The Balaban J connectivity index is 2.03. The second kappa shape index (κ2) is 11.1. The third kappa shape index (κ3) is 7.11. The molecule has 29 heavy (non-hydrogen) atoms. The second-order valence-corrected chi connectivity index (χ2v) is 6.26. The van der Waals surface area contributed by atoms with Gasteiger partial charge in [0.15, 0.2) is 11.6 Å². The van der Waals surface area contributed by atoms with Crippen LogP contribution in [0.4, 0.5) is 9.18 Å². The zero-order chi connectivity index (χ0) is 21.2. The van der Waals surface area contributed by atoms with Crippen molar-refractivity contribution >= 4 is 30.6 Å². The van der Waals surface area contributed by atoms with Crippen molar-refractivity contribution in [3.63, 3.8) is 0 Å². The van der Waals surface area contributed by atoms with Gasteiger partial charge in [-0.05, 0) is 42.7 Å². The molecular weight excluding hydrogens is 401 g/mol. The number of esters is 1. The number of aromatic hydroxyl groups is 1. The maximum Gasteiger partial charge on any atom is 0.414 e. The van der Waals surface area contributed by atoms with Gasteiger partial charge in [-0.2, -0.15) is 12.6 Å². The van der Waals surface area contributed by atoms with Crippen LogP contribution in [0, 0.1) is 5.82 Å². The van der Waals surface area contributed by atoms with E-state index in [9.17, 15) is 23.9 Å². The van der Waals surface area contributed by atoms with Gasteiger partial charge in [0.1, 0.15) is 6.10 Å². The van der Waals surface area contributed by atoms with Gasteiger partial charge in [-0.15, -0.1) is 0 Å². The summed E-state index contributed by atoms with van der Waals surface area (Å²) in [7, 11) is 0. The van der Waals surface area contributed by atoms with Gasteiger partial charge in [0, 0.05) is 5.56 Å². The molecule has 0 aromatic heterocycles. The van der Waals surface area contributed by atoms with Gasteiger partial charge in [-0.25, -0.2) is 9.18 Å². The van der Waals surface area contributed by atoms with Gasteiger partial charge in [0.05, 0.1) is 12.4 Å². The number of carbonyl (C=O) groups excluding carboxylic acids is 3. The summed E-state index contributed by atoms with van der Waals surface area (Å²) in [5, 5.41) is 11.5. The quantitative estimate of drug-likeness (QED) is 0.343. The number of hydrogen-bond acceptors (Lipinski definition) is 7. The topological polar surface area (TPSA) is 102 Å². The van der Waals surface area contributed by atoms with Crippen molar-refractivity contribution in [3.8, 4) is 5.75 Å². The Morgan fingerprint density at radius 3 is 2.52 bits per heavy atom. The van der Waals surface area contributed by atoms with Gasteiger partial charge in [-0.3, -0.25) is 14.9 Å². The molecule has 0 aliphatic carbocycles. The van der Waals surface area contributed by atoms with Crippen LogP contribution < -0.4 is 5.32 Å². The number of phenolic OH excluding ortho intramolecular Hbond substituents is 1. The van der Waals surface area contributed by atoms with Crippen LogP contribution in [-0.4, -0.2) is 35.4 Å². The minimum Gasteiger partial charge on any atom is -0.505 e. The first-order valence-electron chi connectivity index (χ1n) is 8.72. The van der Waals surface area contributed by atoms with Crippen molar-refractivity contribution in [2.24, 2.45) is 0 Å². The molecule has 2 N–H and O–H groups in total. The number of alkyl carbamates (subject to hydrolysis) is 1. The third-order valence-electron chi connectivity index (χ3n) is 3.85. The Hall–Kier alpha value is -3.07. The first-order chi connectivity index (χ1) is 13.9. The average Bonchev–Trinajstić information content (AvgIpc) is 2.72. The maximum absolute atomic E-state index is 13.7. The first-order valence-corrected chi connectivity index (χ1v) is 9.36. The van der Waals surface area contributed by atoms with Gasteiger partial charge in [0.2, 0.25) is 0 Å². The zero-order valence-electron chi connectivity index (χ0n) is 15.3. The second-order valence-electron chi connectivity index (χ2n) is 5.95. The third-order valence-corrected chi connectivity index (χ3v) is 4.11. The first kappa shape index (κ1) is 22.2. The SMILES string of the molecule is O=C(CS)OCCC[C@@H](OC(=O)NC(=O)c1ccccc1)c1ccc(O)c(F)c1. The molecule has 154 valence electrons. The number of imide groups is 1. The predicted molar refractivity (Wildman–Crippen MR) is 105 cm³/mol. The molecule has 0 fully saturated rings. The van der Waals surface area contributed by atoms with Crippen molar-refractivity contribution in [3.05, 3.63) is 65.5 Å². The summed E-state index contributed by atoms with van der Waals surface area (Å²) in [6.45, 7) is 0.0599. The Morgan fingerprint density at radius 2 is 1.86 bits per heavy atom. The van der Waals surface area contributed by atoms with Crippen LogP contribution in [0.25, 0.3) is 0 Å². The Bertz CT molecular complexity index is 861. The lowest BCUT2D eigenvalue weighted by Crippen LogP contribution is -2.32. The van der Waals surface area contributed by atoms with E-state index in [4.69, 9.17) is 9.47 Å². The highest BCUT2D eigenvalue weighted by Gasteiger charge is 2.20. The van der Waals surface area contributed by atoms with E-state index >= 15 is 0 Å². The van der Waals surface area contributed by atoms with Crippen molar-refractivity contribution < 1.29 is 33.4 Å². The number of halogens is 1. The molecule has 0 saturated heterocycles. The molecule has 0 spiro atoms. The molecule has 2 rings (SSSR count). The number of ether oxygens (including phenoxy) is 2. The monoisotopic (exact) mass is 421 g/mol. The van der Waals surface area contributed by atoms with Gasteiger partial charge >= 0.3 is 12.1 Å². The highest BCUT2D eigenvalue weighted by atomic mass is 32.1. The largest absolute Gasteiger partial charge is 0.505 e. The van der Waals surface area contributed by atoms with Crippen LogP contribution in [0.3, 0.4) is 0 Å². The number of hydrogen-bond donors (Lipinski definition) is 3. The summed E-state index contributed by atoms with van der Waals surface area (Å²) in [6, 6.07) is 11.7. The molecule has 9 heteroatoms. The van der Waals surface area contributed by atoms with E-state index in [1.165, 1.54) is 18.2 Å². The maximum atomic E-state index is 13.7. The molecule has 0 bridgehead atoms. The molecule has 2 aromatic rings. The van der Waals surface area contributed by atoms with Crippen LogP contribution >= 0.6 is 12.6 Å². The van der Waals surface area contributed by atoms with Crippen molar-refractivity contribution in [2.75, 3.05) is 12.4 Å². The number of carbonyl (C=O) groups is 3. The summed E-state index contributed by atoms with van der Waals surface area (Å²) >= 11 is 3.79. The zero-order valence-corrected chi connectivity index (χ0v) is 16.2. The number of rotatable bonds is 8. The number of amides is 2. The van der Waals surface area contributed by atoms with Gasteiger partial charge in [0.25, 0.3) is 5.91 Å². The fourth-order valence-corrected chi connectivity index (χ4v) is 2.52. The van der Waals surface area contributed by atoms with E-state index in [2.05, 4.69) is 17.9 Å². The minimum absolute atomic E-state index is 0.0599. The summed E-state index contributed by atoms with van der Waals surface area (Å²) in [5.74, 6) is -2.62. The van der Waals surface area contributed by atoms with Crippen molar-refractivity contribution in [1.29, 1.82) is 0 Å². The molecule has 2 amide bonds. The summed E-state index contributed by atoms with van der Waals surface area (Å²) in [4.78, 5) is 35.4. The Labute approximate surface area is 172 Å². The standard InChI is InChI=1S/C20H20FNO6S/c21-15-11-14(8-9-16(15)23)17(7-4-10-27-18(24)12-29)28-20(26)22-19(25)13-5-2-1-3-6-13/h1-3,5-6,8-9,11,17,23,29H,4,7,10,12H2,(H,22,25,26)/t17-/m1/s1. The van der Waals surface area contributed by atoms with Gasteiger partial charge < -0.3 is 14.6 Å². The minimum atomic E-state index is -1.01. The van der Waals surface area contributed by atoms with E-state index in [0.717, 1.165) is 12.1 Å². The van der Waals surface area contributed by atoms with Crippen LogP contribution in [0.1, 0.15) is 34.9 Å². The fourth-order valence-electron chi connectivity index (χ4n) is 2.43. The molecule has 1 atom stereocenters. The van der Waals surface area contributed by atoms with E-state index in [1.807, 2.05) is 0 Å². The number of benzene rings is 2. The van der Waals surface area contributed by atoms with Crippen molar-refractivity contribution in [1.82, 2.24) is 5.32 Å². The lowest BCUT2D eigenvalue weighted by atomic mass is 10.0. The number of thiol groups is 1. The van der Waals surface area contributed by atoms with Crippen LogP contribution in [0.2, 0.25) is 0 Å². The smallest absolute Gasteiger partial charge is 0.414 e. The summed E-state index contributed by atoms with van der Waals surface area (Å²) < 4.78 is 23.9. The lowest BCUT2D eigenvalue weighted by molar-refractivity contribution is -0.140. The Morgan fingerprint density at radius 1 is 1.14 bits per heavy atom. The van der Waals surface area contributed by atoms with E-state index < -0.39 is 35.6 Å². The molecule has 0 radical (unpaired) electrons. The molecule has 0 aliphatic rings. The van der Waals surface area contributed by atoms with E-state index in [-0.39, 0.29) is 29.9 Å². The molecule has 2 aromatic carbocycles. The molecular formula is C20H20FNO6S. The summed E-state index contributed by atoms with van der Waals surface area (Å²) in [5.41, 5.74) is 0.554. The molecule has 0 unspecified atom stereocenters. The highest BCUT2D eigenvalue weighted by molar-refractivity contribution is 7.81. The Kier molecular flexibility index (Phi) is 8.47. The predicted octanol–water partition coefficient (Wildman–Crippen LogP) is 3.39. The molecule has 7 nitrogen and oxygen atoms in total. The van der Waals surface area contributed by atoms with E-state index in [1.54, 1.807) is 18.2 Å². The molecule has 0 saturated carbocycles. The van der Waals surface area contributed by atoms with E-state index in [0.29, 0.717) is 6.42 Å².